The molecule has 0 bridgehead atoms. The summed E-state index contributed by atoms with van der Waals surface area (Å²) in [5.74, 6) is 0.317. The van der Waals surface area contributed by atoms with Crippen LogP contribution in [0.15, 0.2) is 78.0 Å². The summed E-state index contributed by atoms with van der Waals surface area (Å²) in [6.07, 6.45) is 0.555. The van der Waals surface area contributed by atoms with Crippen LogP contribution in [0.25, 0.3) is 10.8 Å². The molecule has 4 rings (SSSR count). The smallest absolute Gasteiger partial charge is 0.212 e. The van der Waals surface area contributed by atoms with E-state index in [0.717, 1.165) is 22.0 Å². The molecule has 0 fully saturated rings. The molecule has 0 radical (unpaired) electrons. The van der Waals surface area contributed by atoms with Gasteiger partial charge in [-0.05, 0) is 23.1 Å². The van der Waals surface area contributed by atoms with Crippen LogP contribution in [-0.2, 0) is 11.2 Å². The molecule has 1 N–H and O–H groups in total. The molecule has 0 amide bonds. The van der Waals surface area contributed by atoms with E-state index in [1.165, 1.54) is 0 Å². The molecular formula is C22H16N2O2. The lowest BCUT2D eigenvalue weighted by Gasteiger charge is -2.09. The highest BCUT2D eigenvalue weighted by atomic mass is 16.5. The number of hydrogen-bond donors (Lipinski definition) is 1. The Balaban J connectivity index is 1.54. The Labute approximate surface area is 151 Å². The molecule has 126 valence electrons. The molecule has 26 heavy (non-hydrogen) atoms. The SMILES string of the molecule is N#C/C(C(=O)COc1cccc2ccccc12)=C1\Cc2ccccc2N1. The van der Waals surface area contributed by atoms with Gasteiger partial charge in [0, 0.05) is 23.2 Å². The van der Waals surface area contributed by atoms with Crippen LogP contribution < -0.4 is 10.1 Å². The van der Waals surface area contributed by atoms with Crippen molar-refractivity contribution in [2.75, 3.05) is 11.9 Å². The Morgan fingerprint density at radius 2 is 1.81 bits per heavy atom. The Hall–Kier alpha value is -3.58. The van der Waals surface area contributed by atoms with E-state index in [1.807, 2.05) is 72.8 Å². The van der Waals surface area contributed by atoms with Crippen molar-refractivity contribution in [3.63, 3.8) is 0 Å². The number of carbonyl (C=O) groups is 1. The lowest BCUT2D eigenvalue weighted by atomic mass is 10.1. The average Bonchev–Trinajstić information content (AvgIpc) is 3.10. The Bertz CT molecular complexity index is 1040. The van der Waals surface area contributed by atoms with Gasteiger partial charge in [-0.15, -0.1) is 0 Å². The summed E-state index contributed by atoms with van der Waals surface area (Å²) in [6, 6.07) is 23.4. The molecule has 0 aliphatic carbocycles. The van der Waals surface area contributed by atoms with Crippen LogP contribution in [0.5, 0.6) is 5.75 Å². The molecule has 0 saturated carbocycles. The van der Waals surface area contributed by atoms with E-state index in [-0.39, 0.29) is 18.0 Å². The van der Waals surface area contributed by atoms with E-state index in [0.29, 0.717) is 17.9 Å². The van der Waals surface area contributed by atoms with Crippen LogP contribution in [0.3, 0.4) is 0 Å². The third-order valence-corrected chi connectivity index (χ3v) is 4.47. The van der Waals surface area contributed by atoms with Gasteiger partial charge < -0.3 is 10.1 Å². The van der Waals surface area contributed by atoms with Crippen molar-refractivity contribution >= 4 is 22.2 Å². The molecule has 1 aliphatic rings. The fourth-order valence-electron chi connectivity index (χ4n) is 3.18. The molecule has 0 atom stereocenters. The first-order valence-electron chi connectivity index (χ1n) is 8.38. The summed E-state index contributed by atoms with van der Waals surface area (Å²) in [4.78, 5) is 12.6. The van der Waals surface area contributed by atoms with E-state index in [9.17, 15) is 10.1 Å². The van der Waals surface area contributed by atoms with Gasteiger partial charge in [-0.25, -0.2) is 0 Å². The molecule has 4 nitrogen and oxygen atoms in total. The molecule has 0 saturated heterocycles. The normalized spacial score (nSPS) is 14.3. The van der Waals surface area contributed by atoms with Crippen LogP contribution >= 0.6 is 0 Å². The number of hydrogen-bond acceptors (Lipinski definition) is 4. The van der Waals surface area contributed by atoms with Crippen molar-refractivity contribution in [2.24, 2.45) is 0 Å². The third-order valence-electron chi connectivity index (χ3n) is 4.47. The number of nitrogens with one attached hydrogen (secondary N) is 1. The Kier molecular flexibility index (Phi) is 4.12. The number of rotatable bonds is 4. The zero-order valence-corrected chi connectivity index (χ0v) is 14.0. The molecule has 0 unspecified atom stereocenters. The molecule has 1 aliphatic heterocycles. The van der Waals surface area contributed by atoms with Gasteiger partial charge >= 0.3 is 0 Å². The number of nitrogens with zero attached hydrogens (tertiary/aromatic N) is 1. The predicted molar refractivity (Wildman–Crippen MR) is 101 cm³/mol. The second kappa shape index (κ2) is 6.73. The molecule has 3 aromatic carbocycles. The lowest BCUT2D eigenvalue weighted by molar-refractivity contribution is -0.117. The number of nitriles is 1. The number of carbonyl (C=O) groups excluding carboxylic acids is 1. The highest BCUT2D eigenvalue weighted by Crippen LogP contribution is 2.29. The zero-order chi connectivity index (χ0) is 17.9. The van der Waals surface area contributed by atoms with Gasteiger partial charge in [0.05, 0.1) is 0 Å². The van der Waals surface area contributed by atoms with Gasteiger partial charge in [0.25, 0.3) is 0 Å². The van der Waals surface area contributed by atoms with Crippen LogP contribution in [-0.4, -0.2) is 12.4 Å². The Morgan fingerprint density at radius 1 is 1.04 bits per heavy atom. The first kappa shape index (κ1) is 15.9. The summed E-state index contributed by atoms with van der Waals surface area (Å²) in [7, 11) is 0. The maximum atomic E-state index is 12.6. The summed E-state index contributed by atoms with van der Waals surface area (Å²) in [5, 5.41) is 14.6. The highest BCUT2D eigenvalue weighted by Gasteiger charge is 2.22. The van der Waals surface area contributed by atoms with E-state index in [1.54, 1.807) is 0 Å². The lowest BCUT2D eigenvalue weighted by Crippen LogP contribution is -2.16. The minimum absolute atomic E-state index is 0.126. The molecule has 1 heterocycles. The quantitative estimate of drug-likeness (QED) is 0.570. The summed E-state index contributed by atoms with van der Waals surface area (Å²) >= 11 is 0. The van der Waals surface area contributed by atoms with Gasteiger partial charge in [-0.3, -0.25) is 4.79 Å². The van der Waals surface area contributed by atoms with Crippen LogP contribution in [0.1, 0.15) is 5.56 Å². The van der Waals surface area contributed by atoms with Crippen LogP contribution in [0.2, 0.25) is 0 Å². The molecule has 4 heteroatoms. The number of Topliss-reactive ketones (excluding diaryl/α,β-unsaturated/α-hetero) is 1. The minimum atomic E-state index is -0.323. The largest absolute Gasteiger partial charge is 0.485 e. The number of anilines is 1. The van der Waals surface area contributed by atoms with Crippen molar-refractivity contribution in [3.05, 3.63) is 83.6 Å². The predicted octanol–water partition coefficient (Wildman–Crippen LogP) is 4.23. The molecular weight excluding hydrogens is 324 g/mol. The van der Waals surface area contributed by atoms with E-state index < -0.39 is 0 Å². The first-order chi connectivity index (χ1) is 12.8. The van der Waals surface area contributed by atoms with Gasteiger partial charge in [0.2, 0.25) is 5.78 Å². The van der Waals surface area contributed by atoms with Crippen molar-refractivity contribution < 1.29 is 9.53 Å². The van der Waals surface area contributed by atoms with Crippen molar-refractivity contribution in [1.82, 2.24) is 0 Å². The minimum Gasteiger partial charge on any atom is -0.485 e. The highest BCUT2D eigenvalue weighted by molar-refractivity contribution is 6.02. The zero-order valence-electron chi connectivity index (χ0n) is 14.0. The van der Waals surface area contributed by atoms with Crippen LogP contribution in [0, 0.1) is 11.3 Å². The van der Waals surface area contributed by atoms with Crippen molar-refractivity contribution in [3.8, 4) is 11.8 Å². The number of ether oxygens (including phenoxy) is 1. The van der Waals surface area contributed by atoms with Gasteiger partial charge in [0.1, 0.15) is 17.4 Å². The van der Waals surface area contributed by atoms with E-state index >= 15 is 0 Å². The first-order valence-corrected chi connectivity index (χ1v) is 8.38. The van der Waals surface area contributed by atoms with E-state index in [2.05, 4.69) is 5.32 Å². The van der Waals surface area contributed by atoms with Gasteiger partial charge in [-0.1, -0.05) is 54.6 Å². The summed E-state index contributed by atoms with van der Waals surface area (Å²) in [5.41, 5.74) is 2.79. The Morgan fingerprint density at radius 3 is 2.65 bits per heavy atom. The van der Waals surface area contributed by atoms with Crippen LogP contribution in [0.4, 0.5) is 5.69 Å². The number of benzene rings is 3. The maximum Gasteiger partial charge on any atom is 0.212 e. The number of allylic oxidation sites excluding steroid dienone is 1. The number of para-hydroxylation sites is 1. The monoisotopic (exact) mass is 340 g/mol. The van der Waals surface area contributed by atoms with Gasteiger partial charge in [0.15, 0.2) is 6.61 Å². The maximum absolute atomic E-state index is 12.6. The standard InChI is InChI=1S/C22H16N2O2/c23-13-18(20-12-16-7-2-4-10-19(16)24-20)21(25)14-26-22-11-5-8-15-6-1-3-9-17(15)22/h1-11,24H,12,14H2/b20-18-. The van der Waals surface area contributed by atoms with Crippen molar-refractivity contribution in [2.45, 2.75) is 6.42 Å². The molecule has 0 spiro atoms. The average molecular weight is 340 g/mol. The van der Waals surface area contributed by atoms with Gasteiger partial charge in [-0.2, -0.15) is 5.26 Å². The number of fused-ring (bicyclic) bond motifs is 2. The van der Waals surface area contributed by atoms with Crippen molar-refractivity contribution in [1.29, 1.82) is 5.26 Å². The summed E-state index contributed by atoms with van der Waals surface area (Å²) < 4.78 is 5.74. The fraction of sp³-hybridized carbons (Fsp3) is 0.0909. The topological polar surface area (TPSA) is 62.1 Å². The van der Waals surface area contributed by atoms with E-state index in [4.69, 9.17) is 4.74 Å². The fourth-order valence-corrected chi connectivity index (χ4v) is 3.18. The molecule has 3 aromatic rings. The second-order valence-electron chi connectivity index (χ2n) is 6.11. The third kappa shape index (κ3) is 2.91. The number of ketones is 1. The second-order valence-corrected chi connectivity index (χ2v) is 6.11. The molecule has 0 aromatic heterocycles. The summed E-state index contributed by atoms with van der Waals surface area (Å²) in [6.45, 7) is -0.168.